The maximum absolute atomic E-state index is 13.5. The Morgan fingerprint density at radius 2 is 1.93 bits per heavy atom. The second-order valence-corrected chi connectivity index (χ2v) is 6.58. The van der Waals surface area contributed by atoms with Gasteiger partial charge in [-0.1, -0.05) is 25.0 Å². The monoisotopic (exact) mass is 374 g/mol. The minimum Gasteiger partial charge on any atom is -0.477 e. The highest BCUT2D eigenvalue weighted by molar-refractivity contribution is 5.91. The largest absolute Gasteiger partial charge is 0.477 e. The molecule has 1 aliphatic heterocycles. The quantitative estimate of drug-likeness (QED) is 0.841. The summed E-state index contributed by atoms with van der Waals surface area (Å²) in [6, 6.07) is 7.22. The Morgan fingerprint density at radius 1 is 1.19 bits per heavy atom. The molecule has 6 nitrogen and oxygen atoms in total. The van der Waals surface area contributed by atoms with E-state index in [1.807, 2.05) is 0 Å². The van der Waals surface area contributed by atoms with Crippen molar-refractivity contribution in [2.45, 2.75) is 32.2 Å². The molecule has 3 rings (SSSR count). The summed E-state index contributed by atoms with van der Waals surface area (Å²) in [5, 5.41) is 2.39. The van der Waals surface area contributed by atoms with E-state index in [4.69, 9.17) is 9.15 Å². The molecule has 1 amide bonds. The zero-order valence-corrected chi connectivity index (χ0v) is 15.1. The highest BCUT2D eigenvalue weighted by Gasteiger charge is 2.13. The number of hydrogen-bond acceptors (Lipinski definition) is 5. The average Bonchev–Trinajstić information content (AvgIpc) is 2.92. The third kappa shape index (κ3) is 5.65. The Morgan fingerprint density at radius 3 is 2.63 bits per heavy atom. The Balaban J connectivity index is 1.54. The van der Waals surface area contributed by atoms with Gasteiger partial charge in [-0.3, -0.25) is 14.5 Å². The maximum atomic E-state index is 13.5. The Bertz CT molecular complexity index is 829. The molecule has 2 aromatic rings. The first-order valence-electron chi connectivity index (χ1n) is 9.13. The predicted molar refractivity (Wildman–Crippen MR) is 99.2 cm³/mol. The second-order valence-electron chi connectivity index (χ2n) is 6.58. The van der Waals surface area contributed by atoms with Gasteiger partial charge in [0, 0.05) is 6.07 Å². The van der Waals surface area contributed by atoms with Gasteiger partial charge in [0.15, 0.2) is 6.61 Å². The van der Waals surface area contributed by atoms with Crippen molar-refractivity contribution in [1.82, 2.24) is 4.90 Å². The lowest BCUT2D eigenvalue weighted by atomic mass is 10.2. The third-order valence-corrected chi connectivity index (χ3v) is 4.44. The van der Waals surface area contributed by atoms with Gasteiger partial charge >= 0.3 is 0 Å². The summed E-state index contributed by atoms with van der Waals surface area (Å²) in [4.78, 5) is 26.3. The minimum absolute atomic E-state index is 0.0432. The van der Waals surface area contributed by atoms with Crippen molar-refractivity contribution < 1.29 is 18.3 Å². The summed E-state index contributed by atoms with van der Waals surface area (Å²) in [6.45, 7) is 2.17. The van der Waals surface area contributed by atoms with Gasteiger partial charge in [0.05, 0.1) is 12.2 Å². The Kier molecular flexibility index (Phi) is 6.59. The molecule has 144 valence electrons. The van der Waals surface area contributed by atoms with Crippen molar-refractivity contribution in [3.8, 4) is 5.75 Å². The third-order valence-electron chi connectivity index (χ3n) is 4.44. The standard InChI is InChI=1S/C20H23FN2O4/c21-16-7-3-4-8-17(16)22-20(25)14-27-19-13-26-15(11-18(19)24)12-23-9-5-1-2-6-10-23/h3-4,7-8,11,13H,1-2,5-6,9-10,12,14H2,(H,22,25). The molecule has 1 N–H and O–H groups in total. The average molecular weight is 374 g/mol. The number of para-hydroxylation sites is 1. The molecule has 0 spiro atoms. The second kappa shape index (κ2) is 9.32. The zero-order chi connectivity index (χ0) is 19.1. The molecule has 27 heavy (non-hydrogen) atoms. The van der Waals surface area contributed by atoms with Crippen molar-refractivity contribution in [1.29, 1.82) is 0 Å². The molecular weight excluding hydrogens is 351 g/mol. The minimum atomic E-state index is -0.562. The van der Waals surface area contributed by atoms with Gasteiger partial charge in [0.2, 0.25) is 11.2 Å². The van der Waals surface area contributed by atoms with E-state index in [1.165, 1.54) is 43.4 Å². The lowest BCUT2D eigenvalue weighted by Gasteiger charge is -2.18. The number of hydrogen-bond donors (Lipinski definition) is 1. The summed E-state index contributed by atoms with van der Waals surface area (Å²) in [5.74, 6) is -0.570. The van der Waals surface area contributed by atoms with Crippen LogP contribution in [0.1, 0.15) is 31.4 Å². The predicted octanol–water partition coefficient (Wildman–Crippen LogP) is 3.17. The Hall–Kier alpha value is -2.67. The first-order valence-corrected chi connectivity index (χ1v) is 9.13. The van der Waals surface area contributed by atoms with Crippen LogP contribution in [0.15, 0.2) is 45.8 Å². The van der Waals surface area contributed by atoms with Crippen molar-refractivity contribution in [3.63, 3.8) is 0 Å². The van der Waals surface area contributed by atoms with Gasteiger partial charge in [0.1, 0.15) is 17.8 Å². The van der Waals surface area contributed by atoms with E-state index in [0.717, 1.165) is 25.9 Å². The van der Waals surface area contributed by atoms with Crippen molar-refractivity contribution in [3.05, 3.63) is 58.4 Å². The first kappa shape index (κ1) is 19.1. The van der Waals surface area contributed by atoms with Crippen LogP contribution in [0.3, 0.4) is 0 Å². The van der Waals surface area contributed by atoms with Gasteiger partial charge in [-0.05, 0) is 38.1 Å². The van der Waals surface area contributed by atoms with Crippen LogP contribution in [-0.2, 0) is 11.3 Å². The lowest BCUT2D eigenvalue weighted by Crippen LogP contribution is -2.25. The van der Waals surface area contributed by atoms with Crippen LogP contribution in [0.2, 0.25) is 0 Å². The molecule has 1 fully saturated rings. The van der Waals surface area contributed by atoms with E-state index in [9.17, 15) is 14.0 Å². The van der Waals surface area contributed by atoms with Gasteiger partial charge < -0.3 is 14.5 Å². The van der Waals surface area contributed by atoms with Crippen LogP contribution in [0.5, 0.6) is 5.75 Å². The van der Waals surface area contributed by atoms with Gasteiger partial charge in [-0.15, -0.1) is 0 Å². The molecular formula is C20H23FN2O4. The molecule has 0 saturated carbocycles. The number of rotatable bonds is 6. The molecule has 0 atom stereocenters. The van der Waals surface area contributed by atoms with Crippen LogP contribution in [-0.4, -0.2) is 30.5 Å². The van der Waals surface area contributed by atoms with Crippen molar-refractivity contribution in [2.24, 2.45) is 0 Å². The summed E-state index contributed by atoms with van der Waals surface area (Å²) < 4.78 is 24.2. The molecule has 1 aromatic heterocycles. The topological polar surface area (TPSA) is 71.8 Å². The molecule has 7 heteroatoms. The van der Waals surface area contributed by atoms with Crippen molar-refractivity contribution in [2.75, 3.05) is 25.0 Å². The molecule has 1 aromatic carbocycles. The maximum Gasteiger partial charge on any atom is 0.262 e. The zero-order valence-electron chi connectivity index (χ0n) is 15.1. The number of amides is 1. The van der Waals surface area contributed by atoms with E-state index in [1.54, 1.807) is 6.07 Å². The van der Waals surface area contributed by atoms with E-state index in [0.29, 0.717) is 12.3 Å². The summed E-state index contributed by atoms with van der Waals surface area (Å²) in [5.41, 5.74) is -0.282. The van der Waals surface area contributed by atoms with Crippen LogP contribution >= 0.6 is 0 Å². The molecule has 0 radical (unpaired) electrons. The van der Waals surface area contributed by atoms with Gasteiger partial charge in [-0.25, -0.2) is 4.39 Å². The highest BCUT2D eigenvalue weighted by Crippen LogP contribution is 2.15. The number of carbonyl (C=O) groups is 1. The number of nitrogens with one attached hydrogen (secondary N) is 1. The number of halogens is 1. The number of carbonyl (C=O) groups excluding carboxylic acids is 1. The Labute approximate surface area is 156 Å². The normalized spacial score (nSPS) is 15.1. The molecule has 1 aliphatic rings. The van der Waals surface area contributed by atoms with E-state index >= 15 is 0 Å². The summed E-state index contributed by atoms with van der Waals surface area (Å²) in [7, 11) is 0. The number of benzene rings is 1. The van der Waals surface area contributed by atoms with Crippen LogP contribution < -0.4 is 15.5 Å². The lowest BCUT2D eigenvalue weighted by molar-refractivity contribution is -0.118. The van der Waals surface area contributed by atoms with E-state index < -0.39 is 18.3 Å². The van der Waals surface area contributed by atoms with E-state index in [2.05, 4.69) is 10.2 Å². The fourth-order valence-electron chi connectivity index (χ4n) is 3.03. The van der Waals surface area contributed by atoms with Gasteiger partial charge in [-0.2, -0.15) is 0 Å². The van der Waals surface area contributed by atoms with Gasteiger partial charge in [0.25, 0.3) is 5.91 Å². The van der Waals surface area contributed by atoms with Crippen LogP contribution in [0, 0.1) is 5.82 Å². The summed E-state index contributed by atoms with van der Waals surface area (Å²) >= 11 is 0. The fraction of sp³-hybridized carbons (Fsp3) is 0.400. The van der Waals surface area contributed by atoms with E-state index in [-0.39, 0.29) is 16.9 Å². The number of nitrogens with zero attached hydrogens (tertiary/aromatic N) is 1. The number of ether oxygens (including phenoxy) is 1. The highest BCUT2D eigenvalue weighted by atomic mass is 19.1. The molecule has 0 bridgehead atoms. The molecule has 0 aliphatic carbocycles. The number of likely N-dealkylation sites (tertiary alicyclic amines) is 1. The SMILES string of the molecule is O=C(COc1coc(CN2CCCCCC2)cc1=O)Nc1ccccc1F. The first-order chi connectivity index (χ1) is 13.1. The summed E-state index contributed by atoms with van der Waals surface area (Å²) in [6.07, 6.45) is 6.02. The van der Waals surface area contributed by atoms with Crippen LogP contribution in [0.25, 0.3) is 0 Å². The van der Waals surface area contributed by atoms with Crippen LogP contribution in [0.4, 0.5) is 10.1 Å². The molecule has 2 heterocycles. The smallest absolute Gasteiger partial charge is 0.262 e. The molecule has 1 saturated heterocycles. The van der Waals surface area contributed by atoms with Crippen molar-refractivity contribution >= 4 is 11.6 Å². The fourth-order valence-corrected chi connectivity index (χ4v) is 3.03. The molecule has 0 unspecified atom stereocenters. The number of anilines is 1.